The van der Waals surface area contributed by atoms with Gasteiger partial charge in [-0.25, -0.2) is 4.39 Å². The fourth-order valence-corrected chi connectivity index (χ4v) is 2.96. The van der Waals surface area contributed by atoms with Crippen molar-refractivity contribution in [3.63, 3.8) is 0 Å². The van der Waals surface area contributed by atoms with Crippen LogP contribution in [0.2, 0.25) is 0 Å². The van der Waals surface area contributed by atoms with Gasteiger partial charge in [0.15, 0.2) is 0 Å². The summed E-state index contributed by atoms with van der Waals surface area (Å²) in [5, 5.41) is 0. The van der Waals surface area contributed by atoms with Gasteiger partial charge in [0.1, 0.15) is 5.82 Å². The van der Waals surface area contributed by atoms with Crippen molar-refractivity contribution in [3.8, 4) is 0 Å². The standard InChI is InChI=1S/C12H18FNOS/c1-9(6-14)7-16(15)8-11-5-12(13)4-3-10(11)2/h3-5,9H,6-8,14H2,1-2H3. The maximum Gasteiger partial charge on any atom is 0.123 e. The normalized spacial score (nSPS) is 14.8. The van der Waals surface area contributed by atoms with E-state index in [9.17, 15) is 8.60 Å². The van der Waals surface area contributed by atoms with Crippen LogP contribution < -0.4 is 5.73 Å². The molecule has 2 atom stereocenters. The molecule has 0 radical (unpaired) electrons. The fourth-order valence-electron chi connectivity index (χ4n) is 1.41. The molecule has 1 aromatic carbocycles. The van der Waals surface area contributed by atoms with Gasteiger partial charge in [0.2, 0.25) is 0 Å². The van der Waals surface area contributed by atoms with Crippen molar-refractivity contribution in [1.29, 1.82) is 0 Å². The molecule has 1 rings (SSSR count). The first-order valence-corrected chi connectivity index (χ1v) is 6.81. The van der Waals surface area contributed by atoms with E-state index in [2.05, 4.69) is 0 Å². The third-order valence-electron chi connectivity index (χ3n) is 2.50. The number of aryl methyl sites for hydroxylation is 1. The Hall–Kier alpha value is -0.740. The molecule has 0 amide bonds. The lowest BCUT2D eigenvalue weighted by molar-refractivity contribution is 0.625. The highest BCUT2D eigenvalue weighted by molar-refractivity contribution is 7.84. The van der Waals surface area contributed by atoms with E-state index in [0.717, 1.165) is 11.1 Å². The topological polar surface area (TPSA) is 43.1 Å². The molecule has 0 bridgehead atoms. The molecule has 0 saturated carbocycles. The van der Waals surface area contributed by atoms with Crippen LogP contribution in [-0.4, -0.2) is 16.5 Å². The van der Waals surface area contributed by atoms with Crippen LogP contribution in [0.4, 0.5) is 4.39 Å². The molecule has 2 unspecified atom stereocenters. The van der Waals surface area contributed by atoms with Gasteiger partial charge in [-0.05, 0) is 42.6 Å². The van der Waals surface area contributed by atoms with Crippen molar-refractivity contribution in [1.82, 2.24) is 0 Å². The predicted octanol–water partition coefficient (Wildman–Crippen LogP) is 1.98. The molecule has 16 heavy (non-hydrogen) atoms. The lowest BCUT2D eigenvalue weighted by Gasteiger charge is -2.09. The predicted molar refractivity (Wildman–Crippen MR) is 66.1 cm³/mol. The van der Waals surface area contributed by atoms with Crippen LogP contribution in [0.1, 0.15) is 18.1 Å². The molecule has 2 N–H and O–H groups in total. The van der Waals surface area contributed by atoms with Crippen LogP contribution in [0.15, 0.2) is 18.2 Å². The van der Waals surface area contributed by atoms with Gasteiger partial charge in [-0.15, -0.1) is 0 Å². The van der Waals surface area contributed by atoms with Crippen molar-refractivity contribution >= 4 is 10.8 Å². The van der Waals surface area contributed by atoms with Gasteiger partial charge >= 0.3 is 0 Å². The van der Waals surface area contributed by atoms with E-state index in [1.54, 1.807) is 6.07 Å². The molecule has 1 aromatic rings. The zero-order chi connectivity index (χ0) is 12.1. The molecule has 0 aliphatic heterocycles. The molecule has 0 aliphatic rings. The molecule has 0 fully saturated rings. The third-order valence-corrected chi connectivity index (χ3v) is 4.07. The average molecular weight is 243 g/mol. The van der Waals surface area contributed by atoms with Gasteiger partial charge < -0.3 is 5.73 Å². The minimum absolute atomic E-state index is 0.245. The van der Waals surface area contributed by atoms with Gasteiger partial charge in [-0.1, -0.05) is 13.0 Å². The molecule has 0 heterocycles. The SMILES string of the molecule is Cc1ccc(F)cc1CS(=O)CC(C)CN. The summed E-state index contributed by atoms with van der Waals surface area (Å²) < 4.78 is 24.8. The van der Waals surface area contributed by atoms with Crippen molar-refractivity contribution in [2.45, 2.75) is 19.6 Å². The van der Waals surface area contributed by atoms with Crippen molar-refractivity contribution in [2.24, 2.45) is 11.7 Å². The number of hydrogen-bond acceptors (Lipinski definition) is 2. The van der Waals surface area contributed by atoms with E-state index in [0.29, 0.717) is 18.1 Å². The minimum Gasteiger partial charge on any atom is -0.330 e. The lowest BCUT2D eigenvalue weighted by atomic mass is 10.1. The molecule has 2 nitrogen and oxygen atoms in total. The summed E-state index contributed by atoms with van der Waals surface area (Å²) in [5.41, 5.74) is 7.28. The van der Waals surface area contributed by atoms with E-state index in [-0.39, 0.29) is 11.7 Å². The summed E-state index contributed by atoms with van der Waals surface area (Å²) in [6.45, 7) is 4.41. The van der Waals surface area contributed by atoms with E-state index >= 15 is 0 Å². The number of benzene rings is 1. The highest BCUT2D eigenvalue weighted by Gasteiger charge is 2.09. The summed E-state index contributed by atoms with van der Waals surface area (Å²) in [4.78, 5) is 0. The van der Waals surface area contributed by atoms with Crippen LogP contribution in [0.25, 0.3) is 0 Å². The van der Waals surface area contributed by atoms with Crippen molar-refractivity contribution in [2.75, 3.05) is 12.3 Å². The number of halogens is 1. The quantitative estimate of drug-likeness (QED) is 0.859. The molecule has 0 aromatic heterocycles. The number of nitrogens with two attached hydrogens (primary N) is 1. The first kappa shape index (κ1) is 13.3. The van der Waals surface area contributed by atoms with Crippen LogP contribution in [0.5, 0.6) is 0 Å². The molecular formula is C12H18FNOS. The highest BCUT2D eigenvalue weighted by atomic mass is 32.2. The smallest absolute Gasteiger partial charge is 0.123 e. The second kappa shape index (κ2) is 6.11. The maximum atomic E-state index is 13.0. The molecular weight excluding hydrogens is 225 g/mol. The van der Waals surface area contributed by atoms with Crippen molar-refractivity contribution in [3.05, 3.63) is 35.1 Å². The van der Waals surface area contributed by atoms with Gasteiger partial charge in [0, 0.05) is 22.3 Å². The van der Waals surface area contributed by atoms with E-state index in [1.165, 1.54) is 12.1 Å². The third kappa shape index (κ3) is 4.02. The monoisotopic (exact) mass is 243 g/mol. The first-order chi connectivity index (χ1) is 7.52. The Morgan fingerprint density at radius 3 is 2.81 bits per heavy atom. The fraction of sp³-hybridized carbons (Fsp3) is 0.500. The lowest BCUT2D eigenvalue weighted by Crippen LogP contribution is -2.18. The summed E-state index contributed by atoms with van der Waals surface area (Å²) >= 11 is 0. The summed E-state index contributed by atoms with van der Waals surface area (Å²) in [7, 11) is -0.966. The second-order valence-corrected chi connectivity index (χ2v) is 5.66. The Labute approximate surface area is 98.5 Å². The van der Waals surface area contributed by atoms with Gasteiger partial charge in [-0.3, -0.25) is 4.21 Å². The van der Waals surface area contributed by atoms with Gasteiger partial charge in [0.05, 0.1) is 0 Å². The van der Waals surface area contributed by atoms with Gasteiger partial charge in [0.25, 0.3) is 0 Å². The maximum absolute atomic E-state index is 13.0. The van der Waals surface area contributed by atoms with Crippen LogP contribution in [0, 0.1) is 18.7 Å². The zero-order valence-corrected chi connectivity index (χ0v) is 10.5. The molecule has 4 heteroatoms. The molecule has 90 valence electrons. The minimum atomic E-state index is -0.966. The van der Waals surface area contributed by atoms with E-state index < -0.39 is 10.8 Å². The first-order valence-electron chi connectivity index (χ1n) is 5.33. The van der Waals surface area contributed by atoms with Crippen LogP contribution in [0.3, 0.4) is 0 Å². The Morgan fingerprint density at radius 2 is 2.19 bits per heavy atom. The van der Waals surface area contributed by atoms with E-state index in [1.807, 2.05) is 13.8 Å². The summed E-state index contributed by atoms with van der Waals surface area (Å²) in [6, 6.07) is 4.60. The Balaban J connectivity index is 2.65. The van der Waals surface area contributed by atoms with Crippen LogP contribution in [-0.2, 0) is 16.6 Å². The average Bonchev–Trinajstić information content (AvgIpc) is 2.23. The zero-order valence-electron chi connectivity index (χ0n) is 9.70. The van der Waals surface area contributed by atoms with E-state index in [4.69, 9.17) is 5.73 Å². The Bertz CT molecular complexity index is 381. The van der Waals surface area contributed by atoms with Gasteiger partial charge in [-0.2, -0.15) is 0 Å². The number of rotatable bonds is 5. The highest BCUT2D eigenvalue weighted by Crippen LogP contribution is 2.13. The summed E-state index contributed by atoms with van der Waals surface area (Å²) in [6.07, 6.45) is 0. The summed E-state index contributed by atoms with van der Waals surface area (Å²) in [5.74, 6) is 0.958. The Kier molecular flexibility index (Phi) is 5.09. The van der Waals surface area contributed by atoms with Crippen LogP contribution >= 0.6 is 0 Å². The molecule has 0 saturated heterocycles. The molecule has 0 aliphatic carbocycles. The largest absolute Gasteiger partial charge is 0.330 e. The van der Waals surface area contributed by atoms with Crippen molar-refractivity contribution < 1.29 is 8.60 Å². The second-order valence-electron chi connectivity index (χ2n) is 4.16. The Morgan fingerprint density at radius 1 is 1.50 bits per heavy atom. The molecule has 0 spiro atoms. The number of hydrogen-bond donors (Lipinski definition) is 1.